The summed E-state index contributed by atoms with van der Waals surface area (Å²) in [7, 11) is 0. The molecule has 1 aromatic rings. The minimum Gasteiger partial charge on any atom is -0.399 e. The Morgan fingerprint density at radius 1 is 1.57 bits per heavy atom. The van der Waals surface area contributed by atoms with Crippen molar-refractivity contribution in [2.75, 3.05) is 11.1 Å². The highest BCUT2D eigenvalue weighted by molar-refractivity contribution is 9.10. The van der Waals surface area contributed by atoms with E-state index in [1.807, 2.05) is 6.92 Å². The van der Waals surface area contributed by atoms with Crippen LogP contribution < -0.4 is 11.1 Å². The first-order chi connectivity index (χ1) is 6.63. The Labute approximate surface area is 91.8 Å². The normalized spacial score (nSPS) is 9.86. The number of rotatable bonds is 3. The van der Waals surface area contributed by atoms with Crippen LogP contribution in [-0.2, 0) is 4.79 Å². The van der Waals surface area contributed by atoms with Gasteiger partial charge in [-0.3, -0.25) is 4.79 Å². The molecule has 1 rings (SSSR count). The van der Waals surface area contributed by atoms with Gasteiger partial charge in [0.25, 0.3) is 0 Å². The molecule has 0 saturated heterocycles. The van der Waals surface area contributed by atoms with E-state index in [0.29, 0.717) is 12.1 Å². The Kier molecular flexibility index (Phi) is 3.95. The Morgan fingerprint density at radius 3 is 2.86 bits per heavy atom. The molecule has 0 aliphatic rings. The largest absolute Gasteiger partial charge is 0.399 e. The minimum absolute atomic E-state index is 0.0259. The summed E-state index contributed by atoms with van der Waals surface area (Å²) < 4.78 is 0.807. The van der Waals surface area contributed by atoms with E-state index in [9.17, 15) is 4.79 Å². The van der Waals surface area contributed by atoms with Crippen molar-refractivity contribution < 1.29 is 4.79 Å². The quantitative estimate of drug-likeness (QED) is 0.818. The first kappa shape index (κ1) is 11.0. The van der Waals surface area contributed by atoms with Crippen LogP contribution in [0.15, 0.2) is 22.7 Å². The standard InChI is InChI=1S/C10H13BrN2O/c1-2-3-10(14)13-9-5-4-7(12)6-8(9)11/h4-6H,2-3,12H2,1H3,(H,13,14). The van der Waals surface area contributed by atoms with Gasteiger partial charge in [0.05, 0.1) is 5.69 Å². The number of benzene rings is 1. The average Bonchev–Trinajstić information content (AvgIpc) is 2.10. The van der Waals surface area contributed by atoms with Gasteiger partial charge >= 0.3 is 0 Å². The number of nitrogens with one attached hydrogen (secondary N) is 1. The van der Waals surface area contributed by atoms with E-state index < -0.39 is 0 Å². The van der Waals surface area contributed by atoms with Gasteiger partial charge in [-0.15, -0.1) is 0 Å². The van der Waals surface area contributed by atoms with Crippen LogP contribution in [0, 0.1) is 0 Å². The third-order valence-corrected chi connectivity index (χ3v) is 2.40. The van der Waals surface area contributed by atoms with Crippen molar-refractivity contribution in [1.82, 2.24) is 0 Å². The van der Waals surface area contributed by atoms with Gasteiger partial charge in [-0.1, -0.05) is 6.92 Å². The maximum absolute atomic E-state index is 11.3. The second-order valence-corrected chi connectivity index (χ2v) is 3.89. The Bertz CT molecular complexity index is 339. The van der Waals surface area contributed by atoms with Crippen LogP contribution in [0.4, 0.5) is 11.4 Å². The van der Waals surface area contributed by atoms with Gasteiger partial charge < -0.3 is 11.1 Å². The van der Waals surface area contributed by atoms with Gasteiger partial charge in [0.2, 0.25) is 5.91 Å². The molecule has 1 aromatic carbocycles. The molecule has 3 N–H and O–H groups in total. The van der Waals surface area contributed by atoms with Crippen LogP contribution in [0.5, 0.6) is 0 Å². The SMILES string of the molecule is CCCC(=O)Nc1ccc(N)cc1Br. The van der Waals surface area contributed by atoms with Crippen molar-refractivity contribution >= 4 is 33.2 Å². The summed E-state index contributed by atoms with van der Waals surface area (Å²) in [5, 5.41) is 2.80. The highest BCUT2D eigenvalue weighted by Gasteiger charge is 2.04. The first-order valence-electron chi connectivity index (χ1n) is 4.48. The number of halogens is 1. The molecule has 0 aliphatic carbocycles. The van der Waals surface area contributed by atoms with Gasteiger partial charge in [0.1, 0.15) is 0 Å². The number of nitrogen functional groups attached to an aromatic ring is 1. The molecular weight excluding hydrogens is 244 g/mol. The average molecular weight is 257 g/mol. The summed E-state index contributed by atoms with van der Waals surface area (Å²) in [6.07, 6.45) is 1.38. The van der Waals surface area contributed by atoms with Gasteiger partial charge in [0.15, 0.2) is 0 Å². The van der Waals surface area contributed by atoms with Crippen LogP contribution in [0.2, 0.25) is 0 Å². The molecule has 1 amide bonds. The monoisotopic (exact) mass is 256 g/mol. The minimum atomic E-state index is 0.0259. The molecule has 3 nitrogen and oxygen atoms in total. The number of nitrogens with two attached hydrogens (primary N) is 1. The summed E-state index contributed by atoms with van der Waals surface area (Å²) in [5.74, 6) is 0.0259. The molecule has 4 heteroatoms. The van der Waals surface area contributed by atoms with E-state index in [4.69, 9.17) is 5.73 Å². The summed E-state index contributed by atoms with van der Waals surface area (Å²) in [4.78, 5) is 11.3. The molecule has 0 saturated carbocycles. The molecule has 0 fully saturated rings. The molecule has 0 spiro atoms. The third kappa shape index (κ3) is 3.03. The van der Waals surface area contributed by atoms with E-state index in [1.54, 1.807) is 18.2 Å². The molecule has 76 valence electrons. The zero-order valence-corrected chi connectivity index (χ0v) is 9.60. The van der Waals surface area contributed by atoms with E-state index in [2.05, 4.69) is 21.2 Å². The topological polar surface area (TPSA) is 55.1 Å². The summed E-state index contributed by atoms with van der Waals surface area (Å²) in [5.41, 5.74) is 7.01. The summed E-state index contributed by atoms with van der Waals surface area (Å²) in [6, 6.07) is 5.31. The van der Waals surface area contributed by atoms with Crippen LogP contribution in [0.25, 0.3) is 0 Å². The number of carbonyl (C=O) groups is 1. The van der Waals surface area contributed by atoms with Crippen molar-refractivity contribution in [3.05, 3.63) is 22.7 Å². The lowest BCUT2D eigenvalue weighted by Crippen LogP contribution is -2.10. The molecular formula is C10H13BrN2O. The van der Waals surface area contributed by atoms with E-state index in [-0.39, 0.29) is 5.91 Å². The lowest BCUT2D eigenvalue weighted by molar-refractivity contribution is -0.116. The fraction of sp³-hybridized carbons (Fsp3) is 0.300. The zero-order chi connectivity index (χ0) is 10.6. The molecule has 0 aromatic heterocycles. The zero-order valence-electron chi connectivity index (χ0n) is 8.01. The third-order valence-electron chi connectivity index (χ3n) is 1.74. The van der Waals surface area contributed by atoms with Crippen molar-refractivity contribution in [1.29, 1.82) is 0 Å². The van der Waals surface area contributed by atoms with Gasteiger partial charge in [-0.25, -0.2) is 0 Å². The Morgan fingerprint density at radius 2 is 2.29 bits per heavy atom. The van der Waals surface area contributed by atoms with Crippen molar-refractivity contribution in [2.45, 2.75) is 19.8 Å². The molecule has 0 bridgehead atoms. The summed E-state index contributed by atoms with van der Waals surface area (Å²) in [6.45, 7) is 1.97. The van der Waals surface area contributed by atoms with Crippen LogP contribution in [-0.4, -0.2) is 5.91 Å². The second kappa shape index (κ2) is 5.00. The van der Waals surface area contributed by atoms with E-state index >= 15 is 0 Å². The van der Waals surface area contributed by atoms with Crippen LogP contribution >= 0.6 is 15.9 Å². The van der Waals surface area contributed by atoms with E-state index in [0.717, 1.165) is 16.6 Å². The number of carbonyl (C=O) groups excluding carboxylic acids is 1. The number of hydrogen-bond acceptors (Lipinski definition) is 2. The lowest BCUT2D eigenvalue weighted by Gasteiger charge is -2.06. The second-order valence-electron chi connectivity index (χ2n) is 3.04. The fourth-order valence-corrected chi connectivity index (χ4v) is 1.57. The Hall–Kier alpha value is -1.03. The van der Waals surface area contributed by atoms with Gasteiger partial charge in [-0.2, -0.15) is 0 Å². The maximum Gasteiger partial charge on any atom is 0.224 e. The number of anilines is 2. The van der Waals surface area contributed by atoms with Gasteiger partial charge in [-0.05, 0) is 40.5 Å². The maximum atomic E-state index is 11.3. The highest BCUT2D eigenvalue weighted by atomic mass is 79.9. The van der Waals surface area contributed by atoms with Gasteiger partial charge in [0, 0.05) is 16.6 Å². The predicted molar refractivity (Wildman–Crippen MR) is 62.1 cm³/mol. The molecule has 14 heavy (non-hydrogen) atoms. The van der Waals surface area contributed by atoms with Crippen molar-refractivity contribution in [2.24, 2.45) is 0 Å². The highest BCUT2D eigenvalue weighted by Crippen LogP contribution is 2.24. The van der Waals surface area contributed by atoms with Crippen LogP contribution in [0.3, 0.4) is 0 Å². The summed E-state index contributed by atoms with van der Waals surface area (Å²) >= 11 is 3.33. The van der Waals surface area contributed by atoms with Crippen LogP contribution in [0.1, 0.15) is 19.8 Å². The van der Waals surface area contributed by atoms with Crippen molar-refractivity contribution in [3.8, 4) is 0 Å². The van der Waals surface area contributed by atoms with Crippen molar-refractivity contribution in [3.63, 3.8) is 0 Å². The first-order valence-corrected chi connectivity index (χ1v) is 5.27. The lowest BCUT2D eigenvalue weighted by atomic mass is 10.2. The molecule has 0 unspecified atom stereocenters. The molecule has 0 aliphatic heterocycles. The Balaban J connectivity index is 2.72. The molecule has 0 heterocycles. The molecule has 0 radical (unpaired) electrons. The number of hydrogen-bond donors (Lipinski definition) is 2. The smallest absolute Gasteiger partial charge is 0.224 e. The molecule has 0 atom stereocenters. The fourth-order valence-electron chi connectivity index (χ4n) is 1.07. The van der Waals surface area contributed by atoms with E-state index in [1.165, 1.54) is 0 Å². The predicted octanol–water partition coefficient (Wildman–Crippen LogP) is 2.77. The number of amides is 1.